The standard InChI is InChI=1S/C14H12N2O/c1-9-6-7-13(17)14(15-9)12-8-10-4-2-3-5-11(10)16-12/h2-8,16-17H,1H3. The highest BCUT2D eigenvalue weighted by atomic mass is 16.3. The number of nitrogens with one attached hydrogen (secondary N) is 1. The first-order chi connectivity index (χ1) is 8.24. The number of aromatic hydroxyl groups is 1. The zero-order valence-corrected chi connectivity index (χ0v) is 9.44. The van der Waals surface area contributed by atoms with Crippen molar-refractivity contribution in [1.29, 1.82) is 0 Å². The van der Waals surface area contributed by atoms with Gasteiger partial charge in [-0.15, -0.1) is 0 Å². The molecule has 2 N–H and O–H groups in total. The SMILES string of the molecule is Cc1ccc(O)c(-c2cc3ccccc3[nH]2)n1. The fourth-order valence-corrected chi connectivity index (χ4v) is 1.95. The molecule has 2 heterocycles. The van der Waals surface area contributed by atoms with Crippen LogP contribution in [0.3, 0.4) is 0 Å². The van der Waals surface area contributed by atoms with Crippen LogP contribution in [0, 0.1) is 6.92 Å². The van der Waals surface area contributed by atoms with Crippen LogP contribution in [0.4, 0.5) is 0 Å². The number of aryl methyl sites for hydroxylation is 1. The number of hydrogen-bond acceptors (Lipinski definition) is 2. The van der Waals surface area contributed by atoms with Gasteiger partial charge in [0.05, 0.1) is 5.69 Å². The second-order valence-corrected chi connectivity index (χ2v) is 4.09. The first-order valence-corrected chi connectivity index (χ1v) is 5.49. The lowest BCUT2D eigenvalue weighted by molar-refractivity contribution is 0.474. The van der Waals surface area contributed by atoms with Gasteiger partial charge in [-0.2, -0.15) is 0 Å². The second kappa shape index (κ2) is 3.63. The monoisotopic (exact) mass is 224 g/mol. The van der Waals surface area contributed by atoms with E-state index >= 15 is 0 Å². The minimum Gasteiger partial charge on any atom is -0.506 e. The van der Waals surface area contributed by atoms with Crippen LogP contribution in [-0.4, -0.2) is 15.1 Å². The molecule has 0 bridgehead atoms. The van der Waals surface area contributed by atoms with Gasteiger partial charge in [-0.1, -0.05) is 18.2 Å². The summed E-state index contributed by atoms with van der Waals surface area (Å²) in [6.45, 7) is 1.91. The largest absolute Gasteiger partial charge is 0.506 e. The quantitative estimate of drug-likeness (QED) is 0.666. The molecule has 3 aromatic rings. The Morgan fingerprint density at radius 1 is 1.12 bits per heavy atom. The van der Waals surface area contributed by atoms with Crippen molar-refractivity contribution in [1.82, 2.24) is 9.97 Å². The first kappa shape index (κ1) is 9.90. The number of hydrogen-bond donors (Lipinski definition) is 2. The van der Waals surface area contributed by atoms with E-state index in [1.807, 2.05) is 37.3 Å². The van der Waals surface area contributed by atoms with Crippen LogP contribution in [0.1, 0.15) is 5.69 Å². The Bertz CT molecular complexity index is 653. The van der Waals surface area contributed by atoms with Gasteiger partial charge in [-0.3, -0.25) is 0 Å². The summed E-state index contributed by atoms with van der Waals surface area (Å²) < 4.78 is 0. The fraction of sp³-hybridized carbons (Fsp3) is 0.0714. The number of nitrogens with zero attached hydrogens (tertiary/aromatic N) is 1. The van der Waals surface area contributed by atoms with Crippen molar-refractivity contribution in [3.63, 3.8) is 0 Å². The summed E-state index contributed by atoms with van der Waals surface area (Å²) in [5.41, 5.74) is 3.37. The van der Waals surface area contributed by atoms with E-state index in [0.29, 0.717) is 5.69 Å². The van der Waals surface area contributed by atoms with Crippen molar-refractivity contribution in [2.24, 2.45) is 0 Å². The Hall–Kier alpha value is -2.29. The Kier molecular flexibility index (Phi) is 2.11. The molecule has 3 nitrogen and oxygen atoms in total. The van der Waals surface area contributed by atoms with Gasteiger partial charge >= 0.3 is 0 Å². The van der Waals surface area contributed by atoms with Gasteiger partial charge in [0.15, 0.2) is 0 Å². The van der Waals surface area contributed by atoms with Crippen LogP contribution in [0.2, 0.25) is 0 Å². The minimum absolute atomic E-state index is 0.196. The molecule has 0 saturated carbocycles. The predicted octanol–water partition coefficient (Wildman–Crippen LogP) is 3.24. The predicted molar refractivity (Wildman–Crippen MR) is 67.9 cm³/mol. The van der Waals surface area contributed by atoms with E-state index in [2.05, 4.69) is 9.97 Å². The zero-order valence-electron chi connectivity index (χ0n) is 9.44. The molecular formula is C14H12N2O. The number of H-pyrrole nitrogens is 1. The summed E-state index contributed by atoms with van der Waals surface area (Å²) in [6, 6.07) is 13.5. The van der Waals surface area contributed by atoms with E-state index in [-0.39, 0.29) is 5.75 Å². The van der Waals surface area contributed by atoms with Gasteiger partial charge in [0.25, 0.3) is 0 Å². The number of benzene rings is 1. The highest BCUT2D eigenvalue weighted by Crippen LogP contribution is 2.29. The summed E-state index contributed by atoms with van der Waals surface area (Å²) >= 11 is 0. The molecule has 0 aliphatic carbocycles. The Morgan fingerprint density at radius 3 is 2.76 bits per heavy atom. The minimum atomic E-state index is 0.196. The van der Waals surface area contributed by atoms with Crippen molar-refractivity contribution in [2.45, 2.75) is 6.92 Å². The van der Waals surface area contributed by atoms with E-state index in [9.17, 15) is 5.11 Å². The van der Waals surface area contributed by atoms with E-state index in [1.54, 1.807) is 12.1 Å². The summed E-state index contributed by atoms with van der Waals surface area (Å²) in [6.07, 6.45) is 0. The molecule has 3 rings (SSSR count). The highest BCUT2D eigenvalue weighted by molar-refractivity contribution is 5.86. The number of para-hydroxylation sites is 1. The molecule has 0 amide bonds. The maximum Gasteiger partial charge on any atom is 0.143 e. The van der Waals surface area contributed by atoms with Crippen molar-refractivity contribution in [3.8, 4) is 17.1 Å². The van der Waals surface area contributed by atoms with Gasteiger partial charge < -0.3 is 10.1 Å². The molecule has 3 heteroatoms. The Labute approximate surface area is 98.8 Å². The number of rotatable bonds is 1. The third-order valence-corrected chi connectivity index (χ3v) is 2.80. The maximum absolute atomic E-state index is 9.83. The molecule has 2 aromatic heterocycles. The average molecular weight is 224 g/mol. The molecule has 0 aliphatic heterocycles. The van der Waals surface area contributed by atoms with Crippen molar-refractivity contribution >= 4 is 10.9 Å². The summed E-state index contributed by atoms with van der Waals surface area (Å²) in [5, 5.41) is 10.9. The number of fused-ring (bicyclic) bond motifs is 1. The molecule has 0 atom stereocenters. The highest BCUT2D eigenvalue weighted by Gasteiger charge is 2.09. The molecule has 0 spiro atoms. The van der Waals surface area contributed by atoms with Crippen molar-refractivity contribution < 1.29 is 5.11 Å². The van der Waals surface area contributed by atoms with Crippen LogP contribution < -0.4 is 0 Å². The van der Waals surface area contributed by atoms with Crippen LogP contribution in [-0.2, 0) is 0 Å². The van der Waals surface area contributed by atoms with E-state index in [0.717, 1.165) is 22.3 Å². The van der Waals surface area contributed by atoms with E-state index in [4.69, 9.17) is 0 Å². The molecule has 0 saturated heterocycles. The van der Waals surface area contributed by atoms with Crippen molar-refractivity contribution in [2.75, 3.05) is 0 Å². The first-order valence-electron chi connectivity index (χ1n) is 5.49. The Morgan fingerprint density at radius 2 is 1.94 bits per heavy atom. The lowest BCUT2D eigenvalue weighted by Crippen LogP contribution is -1.87. The van der Waals surface area contributed by atoms with Gasteiger partial charge in [0.2, 0.25) is 0 Å². The van der Waals surface area contributed by atoms with E-state index < -0.39 is 0 Å². The molecule has 0 aliphatic rings. The van der Waals surface area contributed by atoms with Crippen LogP contribution in [0.25, 0.3) is 22.3 Å². The lowest BCUT2D eigenvalue weighted by atomic mass is 10.2. The normalized spacial score (nSPS) is 10.9. The van der Waals surface area contributed by atoms with Gasteiger partial charge in [0, 0.05) is 16.6 Å². The molecule has 84 valence electrons. The van der Waals surface area contributed by atoms with Crippen molar-refractivity contribution in [3.05, 3.63) is 48.2 Å². The zero-order chi connectivity index (χ0) is 11.8. The summed E-state index contributed by atoms with van der Waals surface area (Å²) in [7, 11) is 0. The lowest BCUT2D eigenvalue weighted by Gasteiger charge is -2.01. The van der Waals surface area contributed by atoms with Gasteiger partial charge in [-0.05, 0) is 31.2 Å². The average Bonchev–Trinajstić information content (AvgIpc) is 2.75. The number of aromatic amines is 1. The fourth-order valence-electron chi connectivity index (χ4n) is 1.95. The second-order valence-electron chi connectivity index (χ2n) is 4.09. The molecule has 0 radical (unpaired) electrons. The number of aromatic nitrogens is 2. The topological polar surface area (TPSA) is 48.9 Å². The molecule has 1 aromatic carbocycles. The Balaban J connectivity index is 2.23. The third kappa shape index (κ3) is 1.65. The molecule has 0 unspecified atom stereocenters. The third-order valence-electron chi connectivity index (χ3n) is 2.80. The van der Waals surface area contributed by atoms with Crippen LogP contribution >= 0.6 is 0 Å². The van der Waals surface area contributed by atoms with E-state index in [1.165, 1.54) is 0 Å². The van der Waals surface area contributed by atoms with Gasteiger partial charge in [0.1, 0.15) is 11.4 Å². The van der Waals surface area contributed by atoms with Crippen LogP contribution in [0.15, 0.2) is 42.5 Å². The smallest absolute Gasteiger partial charge is 0.143 e. The molecule has 0 fully saturated rings. The van der Waals surface area contributed by atoms with Crippen LogP contribution in [0.5, 0.6) is 5.75 Å². The summed E-state index contributed by atoms with van der Waals surface area (Å²) in [5.74, 6) is 0.196. The summed E-state index contributed by atoms with van der Waals surface area (Å²) in [4.78, 5) is 7.61. The van der Waals surface area contributed by atoms with Gasteiger partial charge in [-0.25, -0.2) is 4.98 Å². The maximum atomic E-state index is 9.83. The molecular weight excluding hydrogens is 212 g/mol. The number of pyridine rings is 1. The molecule has 17 heavy (non-hydrogen) atoms.